The van der Waals surface area contributed by atoms with E-state index in [1.54, 1.807) is 24.4 Å². The molecule has 4 heterocycles. The number of hydrogen-bond donors (Lipinski definition) is 2. The topological polar surface area (TPSA) is 140 Å². The van der Waals surface area contributed by atoms with Crippen LogP contribution in [0.5, 0.6) is 5.88 Å². The van der Waals surface area contributed by atoms with Crippen LogP contribution in [0.25, 0.3) is 11.3 Å². The molecular formula is C26H34N6O4S. The van der Waals surface area contributed by atoms with Gasteiger partial charge in [0.2, 0.25) is 5.88 Å². The van der Waals surface area contributed by atoms with Gasteiger partial charge in [0.05, 0.1) is 17.4 Å². The average Bonchev–Trinajstić information content (AvgIpc) is 2.88. The minimum Gasteiger partial charge on any atom is -0.475 e. The first-order chi connectivity index (χ1) is 17.7. The molecule has 3 N–H and O–H groups in total. The number of aromatic nitrogens is 3. The van der Waals surface area contributed by atoms with Crippen molar-refractivity contribution in [3.8, 4) is 17.1 Å². The first-order valence-electron chi connectivity index (χ1n) is 12.3. The van der Waals surface area contributed by atoms with Crippen molar-refractivity contribution in [2.45, 2.75) is 51.2 Å². The van der Waals surface area contributed by atoms with Crippen molar-refractivity contribution < 1.29 is 19.4 Å². The summed E-state index contributed by atoms with van der Waals surface area (Å²) >= 11 is 0. The van der Waals surface area contributed by atoms with Gasteiger partial charge in [-0.1, -0.05) is 19.4 Å². The second-order valence-electron chi connectivity index (χ2n) is 9.29. The summed E-state index contributed by atoms with van der Waals surface area (Å²) in [6, 6.07) is 11.1. The van der Waals surface area contributed by atoms with Gasteiger partial charge in [-0.05, 0) is 62.9 Å². The second kappa shape index (κ2) is 11.1. The van der Waals surface area contributed by atoms with Gasteiger partial charge in [-0.3, -0.25) is 4.79 Å². The van der Waals surface area contributed by atoms with Crippen molar-refractivity contribution >= 4 is 27.6 Å². The number of pyridine rings is 3. The highest BCUT2D eigenvalue weighted by molar-refractivity contribution is 7.90. The van der Waals surface area contributed by atoms with Gasteiger partial charge in [-0.2, -0.15) is 8.42 Å². The lowest BCUT2D eigenvalue weighted by molar-refractivity contribution is 0.0981. The molecule has 0 spiro atoms. The van der Waals surface area contributed by atoms with Crippen LogP contribution >= 0.6 is 0 Å². The molecule has 1 fully saturated rings. The van der Waals surface area contributed by atoms with Crippen LogP contribution in [0.4, 0.5) is 11.6 Å². The number of sulfonamides is 1. The smallest absolute Gasteiger partial charge is 0.281 e. The highest BCUT2D eigenvalue weighted by Gasteiger charge is 2.27. The van der Waals surface area contributed by atoms with Crippen LogP contribution in [0.2, 0.25) is 0 Å². The van der Waals surface area contributed by atoms with Crippen molar-refractivity contribution in [1.82, 2.24) is 19.7 Å². The molecule has 0 unspecified atom stereocenters. The molecule has 1 aliphatic rings. The molecule has 1 aliphatic heterocycles. The molecule has 0 saturated carbocycles. The van der Waals surface area contributed by atoms with Gasteiger partial charge in [0.15, 0.2) is 5.03 Å². The molecule has 0 radical (unpaired) electrons. The third kappa shape index (κ3) is 6.34. The van der Waals surface area contributed by atoms with Crippen LogP contribution in [-0.2, 0) is 10.0 Å². The van der Waals surface area contributed by atoms with E-state index in [0.717, 1.165) is 37.9 Å². The SMILES string of the molecule is CCC1CCN(c2nc(-c3ccc(OC(C)C)nc3)ccc2C(=O)NS(=O)(=O)c2cccc(N)n2)CC1.[HH]. The highest BCUT2D eigenvalue weighted by Crippen LogP contribution is 2.29. The molecule has 37 heavy (non-hydrogen) atoms. The Morgan fingerprint density at radius 2 is 1.92 bits per heavy atom. The summed E-state index contributed by atoms with van der Waals surface area (Å²) < 4.78 is 33.4. The maximum atomic E-state index is 13.3. The fourth-order valence-corrected chi connectivity index (χ4v) is 5.18. The molecule has 0 bridgehead atoms. The van der Waals surface area contributed by atoms with E-state index in [4.69, 9.17) is 15.5 Å². The van der Waals surface area contributed by atoms with Gasteiger partial charge in [0.25, 0.3) is 15.9 Å². The predicted molar refractivity (Wildman–Crippen MR) is 144 cm³/mol. The van der Waals surface area contributed by atoms with E-state index in [0.29, 0.717) is 23.3 Å². The lowest BCUT2D eigenvalue weighted by Gasteiger charge is -2.33. The predicted octanol–water partition coefficient (Wildman–Crippen LogP) is 3.90. The van der Waals surface area contributed by atoms with Gasteiger partial charge >= 0.3 is 0 Å². The van der Waals surface area contributed by atoms with E-state index in [9.17, 15) is 13.2 Å². The van der Waals surface area contributed by atoms with Gasteiger partial charge in [-0.25, -0.2) is 19.7 Å². The normalized spacial score (nSPS) is 14.5. The van der Waals surface area contributed by atoms with Gasteiger partial charge in [0, 0.05) is 32.3 Å². The number of ether oxygens (including phenoxy) is 1. The fourth-order valence-electron chi connectivity index (χ4n) is 4.23. The molecule has 0 aromatic carbocycles. The summed E-state index contributed by atoms with van der Waals surface area (Å²) in [5, 5.41) is -0.328. The third-order valence-electron chi connectivity index (χ3n) is 6.25. The molecule has 10 nitrogen and oxygen atoms in total. The minimum absolute atomic E-state index is 0. The Kier molecular flexibility index (Phi) is 7.91. The molecular weight excluding hydrogens is 492 g/mol. The molecule has 1 amide bonds. The summed E-state index contributed by atoms with van der Waals surface area (Å²) in [4.78, 5) is 28.3. The largest absolute Gasteiger partial charge is 0.475 e. The zero-order valence-corrected chi connectivity index (χ0v) is 22.0. The van der Waals surface area contributed by atoms with Crippen molar-refractivity contribution in [1.29, 1.82) is 0 Å². The first-order valence-corrected chi connectivity index (χ1v) is 13.8. The quantitative estimate of drug-likeness (QED) is 0.447. The summed E-state index contributed by atoms with van der Waals surface area (Å²) in [5.41, 5.74) is 7.17. The molecule has 0 aliphatic carbocycles. The maximum absolute atomic E-state index is 13.3. The Hall–Kier alpha value is -3.73. The Bertz CT molecular complexity index is 1360. The highest BCUT2D eigenvalue weighted by atomic mass is 32.2. The molecule has 1 saturated heterocycles. The van der Waals surface area contributed by atoms with Gasteiger partial charge < -0.3 is 15.4 Å². The zero-order chi connectivity index (χ0) is 26.6. The number of nitrogens with zero attached hydrogens (tertiary/aromatic N) is 4. The number of hydrogen-bond acceptors (Lipinski definition) is 9. The van der Waals surface area contributed by atoms with E-state index < -0.39 is 15.9 Å². The standard InChI is InChI=1S/C26H32N6O4S.H2/c1-4-18-12-14-32(15-13-18)25-20(26(33)31-37(34,35)24-7-5-6-22(27)30-24)9-10-21(29-25)19-8-11-23(28-16-19)36-17(2)3;/h5-11,16-18H,4,12-15H2,1-3H3,(H2,27,30)(H,31,33);1H. The van der Waals surface area contributed by atoms with Gasteiger partial charge in [0.1, 0.15) is 11.6 Å². The molecule has 3 aromatic rings. The molecule has 11 heteroatoms. The second-order valence-corrected chi connectivity index (χ2v) is 10.9. The monoisotopic (exact) mass is 526 g/mol. The van der Waals surface area contributed by atoms with E-state index in [2.05, 4.69) is 21.6 Å². The fraction of sp³-hybridized carbons (Fsp3) is 0.385. The lowest BCUT2D eigenvalue weighted by Crippen LogP contribution is -2.37. The first kappa shape index (κ1) is 26.3. The van der Waals surface area contributed by atoms with Crippen LogP contribution < -0.4 is 20.1 Å². The van der Waals surface area contributed by atoms with Crippen molar-refractivity contribution in [2.75, 3.05) is 23.7 Å². The number of amides is 1. The average molecular weight is 527 g/mol. The molecule has 4 rings (SSSR count). The number of anilines is 2. The summed E-state index contributed by atoms with van der Waals surface area (Å²) in [6.07, 6.45) is 4.71. The van der Waals surface area contributed by atoms with E-state index in [-0.39, 0.29) is 23.9 Å². The molecule has 0 atom stereocenters. The minimum atomic E-state index is -4.23. The van der Waals surface area contributed by atoms with E-state index in [1.807, 2.05) is 24.8 Å². The van der Waals surface area contributed by atoms with Gasteiger partial charge in [-0.15, -0.1) is 0 Å². The Balaban J connectivity index is 0.00000400. The van der Waals surface area contributed by atoms with Crippen molar-refractivity contribution in [3.05, 3.63) is 54.2 Å². The van der Waals surface area contributed by atoms with Crippen LogP contribution in [0.1, 0.15) is 51.8 Å². The summed E-state index contributed by atoms with van der Waals surface area (Å²) in [6.45, 7) is 7.47. The summed E-state index contributed by atoms with van der Waals surface area (Å²) in [5.74, 6) is 0.818. The number of nitrogens with two attached hydrogens (primary N) is 1. The number of carbonyl (C=O) groups is 1. The number of piperidine rings is 1. The molecule has 3 aromatic heterocycles. The Morgan fingerprint density at radius 3 is 2.54 bits per heavy atom. The van der Waals surface area contributed by atoms with Crippen LogP contribution in [0.15, 0.2) is 53.7 Å². The Morgan fingerprint density at radius 1 is 1.16 bits per heavy atom. The van der Waals surface area contributed by atoms with Crippen LogP contribution in [-0.4, -0.2) is 48.5 Å². The Labute approximate surface area is 218 Å². The van der Waals surface area contributed by atoms with Crippen molar-refractivity contribution in [3.63, 3.8) is 0 Å². The zero-order valence-electron chi connectivity index (χ0n) is 21.2. The lowest BCUT2D eigenvalue weighted by atomic mass is 9.94. The van der Waals surface area contributed by atoms with Crippen molar-refractivity contribution in [2.24, 2.45) is 5.92 Å². The maximum Gasteiger partial charge on any atom is 0.281 e. The number of nitrogens with one attached hydrogen (secondary N) is 1. The molecule has 198 valence electrons. The van der Waals surface area contributed by atoms with Crippen LogP contribution in [0, 0.1) is 5.92 Å². The van der Waals surface area contributed by atoms with E-state index in [1.165, 1.54) is 18.2 Å². The van der Waals surface area contributed by atoms with E-state index >= 15 is 0 Å². The van der Waals surface area contributed by atoms with Crippen LogP contribution in [0.3, 0.4) is 0 Å². The third-order valence-corrected chi connectivity index (χ3v) is 7.48. The number of carbonyl (C=O) groups excluding carboxylic acids is 1. The number of rotatable bonds is 8. The number of nitrogen functional groups attached to an aromatic ring is 1. The summed E-state index contributed by atoms with van der Waals surface area (Å²) in [7, 11) is -4.23.